The maximum Gasteiger partial charge on any atom is 0.146 e. The second-order valence-electron chi connectivity index (χ2n) is 5.27. The lowest BCUT2D eigenvalue weighted by Crippen LogP contribution is -2.16. The van der Waals surface area contributed by atoms with Gasteiger partial charge in [0.05, 0.1) is 6.20 Å². The van der Waals surface area contributed by atoms with Crippen molar-refractivity contribution in [1.29, 1.82) is 0 Å². The molecule has 120 valence electrons. The van der Waals surface area contributed by atoms with Gasteiger partial charge in [-0.15, -0.1) is 12.4 Å². The van der Waals surface area contributed by atoms with Gasteiger partial charge in [0.1, 0.15) is 11.9 Å². The van der Waals surface area contributed by atoms with Crippen LogP contribution in [0.25, 0.3) is 10.8 Å². The van der Waals surface area contributed by atoms with Gasteiger partial charge < -0.3 is 10.1 Å². The molecule has 0 saturated heterocycles. The van der Waals surface area contributed by atoms with Crippen LogP contribution in [0.2, 0.25) is 0 Å². The van der Waals surface area contributed by atoms with Crippen LogP contribution < -0.4 is 10.1 Å². The molecule has 0 spiro atoms. The van der Waals surface area contributed by atoms with E-state index in [9.17, 15) is 0 Å². The van der Waals surface area contributed by atoms with Crippen LogP contribution in [0.4, 0.5) is 0 Å². The van der Waals surface area contributed by atoms with Gasteiger partial charge in [-0.05, 0) is 19.2 Å². The summed E-state index contributed by atoms with van der Waals surface area (Å²) < 4.78 is 6.31. The Hall–Kier alpha value is -2.10. The quantitative estimate of drug-likeness (QED) is 0.729. The van der Waals surface area contributed by atoms with Crippen LogP contribution in [0.15, 0.2) is 67.0 Å². The number of aromatic nitrogens is 1. The van der Waals surface area contributed by atoms with E-state index in [1.54, 1.807) is 6.20 Å². The van der Waals surface area contributed by atoms with Gasteiger partial charge in [-0.3, -0.25) is 4.98 Å². The van der Waals surface area contributed by atoms with Crippen molar-refractivity contribution in [3.63, 3.8) is 0 Å². The molecule has 1 heterocycles. The number of hydrogen-bond donors (Lipinski definition) is 1. The van der Waals surface area contributed by atoms with Gasteiger partial charge in [-0.2, -0.15) is 0 Å². The van der Waals surface area contributed by atoms with E-state index in [2.05, 4.69) is 34.6 Å². The zero-order valence-electron chi connectivity index (χ0n) is 13.1. The van der Waals surface area contributed by atoms with Crippen LogP contribution >= 0.6 is 12.4 Å². The predicted molar refractivity (Wildman–Crippen MR) is 97.3 cm³/mol. The minimum atomic E-state index is 0. The Balaban J connectivity index is 0.00000192. The van der Waals surface area contributed by atoms with Crippen LogP contribution in [-0.2, 0) is 0 Å². The largest absolute Gasteiger partial charge is 0.483 e. The summed E-state index contributed by atoms with van der Waals surface area (Å²) in [5.41, 5.74) is 1.19. The van der Waals surface area contributed by atoms with E-state index in [1.165, 1.54) is 5.56 Å². The lowest BCUT2D eigenvalue weighted by molar-refractivity contribution is 0.197. The van der Waals surface area contributed by atoms with Crippen molar-refractivity contribution in [2.24, 2.45) is 0 Å². The Morgan fingerprint density at radius 1 is 1.00 bits per heavy atom. The Bertz CT molecular complexity index is 728. The number of ether oxygens (including phenoxy) is 1. The van der Waals surface area contributed by atoms with Crippen LogP contribution in [0.1, 0.15) is 18.1 Å². The lowest BCUT2D eigenvalue weighted by Gasteiger charge is -2.20. The molecule has 1 atom stereocenters. The molecule has 1 aromatic heterocycles. The normalized spacial score (nSPS) is 11.7. The van der Waals surface area contributed by atoms with Crippen molar-refractivity contribution in [2.75, 3.05) is 13.6 Å². The van der Waals surface area contributed by atoms with Gasteiger partial charge in [-0.25, -0.2) is 0 Å². The number of hydrogen-bond acceptors (Lipinski definition) is 3. The fraction of sp³-hybridized carbons (Fsp3) is 0.211. The summed E-state index contributed by atoms with van der Waals surface area (Å²) in [5, 5.41) is 5.39. The average Bonchev–Trinajstić information content (AvgIpc) is 2.59. The first kappa shape index (κ1) is 17.3. The first-order valence-corrected chi connectivity index (χ1v) is 7.57. The number of halogens is 1. The smallest absolute Gasteiger partial charge is 0.146 e. The van der Waals surface area contributed by atoms with Gasteiger partial charge in [-0.1, -0.05) is 54.6 Å². The summed E-state index contributed by atoms with van der Waals surface area (Å²) in [7, 11) is 1.96. The molecule has 0 radical (unpaired) electrons. The number of nitrogens with zero attached hydrogens (tertiary/aromatic N) is 1. The molecule has 3 aromatic rings. The third kappa shape index (κ3) is 4.21. The number of pyridine rings is 1. The molecule has 0 aliphatic carbocycles. The van der Waals surface area contributed by atoms with E-state index in [0.717, 1.165) is 29.5 Å². The van der Waals surface area contributed by atoms with Gasteiger partial charge in [0.15, 0.2) is 0 Å². The fourth-order valence-electron chi connectivity index (χ4n) is 2.57. The monoisotopic (exact) mass is 328 g/mol. The molecule has 3 nitrogen and oxygen atoms in total. The molecule has 0 amide bonds. The highest BCUT2D eigenvalue weighted by atomic mass is 35.5. The Morgan fingerprint density at radius 3 is 2.52 bits per heavy atom. The van der Waals surface area contributed by atoms with Gasteiger partial charge >= 0.3 is 0 Å². The predicted octanol–water partition coefficient (Wildman–Crippen LogP) is 4.39. The van der Waals surface area contributed by atoms with E-state index < -0.39 is 0 Å². The SMILES string of the molecule is CNCC[C@H](Oc1cncc2ccccc12)c1ccccc1.Cl. The third-order valence-corrected chi connectivity index (χ3v) is 3.73. The number of nitrogens with one attached hydrogen (secondary N) is 1. The molecular formula is C19H21ClN2O. The second kappa shape index (κ2) is 8.51. The minimum absolute atomic E-state index is 0. The molecule has 0 aliphatic rings. The molecule has 0 bridgehead atoms. The average molecular weight is 329 g/mol. The molecule has 2 aromatic carbocycles. The van der Waals surface area contributed by atoms with Crippen molar-refractivity contribution in [1.82, 2.24) is 10.3 Å². The molecule has 4 heteroatoms. The maximum absolute atomic E-state index is 6.31. The van der Waals surface area contributed by atoms with Crippen molar-refractivity contribution >= 4 is 23.2 Å². The Morgan fingerprint density at radius 2 is 1.74 bits per heavy atom. The molecule has 3 rings (SSSR count). The summed E-state index contributed by atoms with van der Waals surface area (Å²) in [6, 6.07) is 18.5. The van der Waals surface area contributed by atoms with Crippen molar-refractivity contribution in [2.45, 2.75) is 12.5 Å². The fourth-order valence-corrected chi connectivity index (χ4v) is 2.57. The third-order valence-electron chi connectivity index (χ3n) is 3.73. The van der Waals surface area contributed by atoms with Crippen molar-refractivity contribution in [3.8, 4) is 5.75 Å². The van der Waals surface area contributed by atoms with Crippen LogP contribution in [0.5, 0.6) is 5.75 Å². The molecular weight excluding hydrogens is 308 g/mol. The minimum Gasteiger partial charge on any atom is -0.483 e. The first-order valence-electron chi connectivity index (χ1n) is 7.57. The summed E-state index contributed by atoms with van der Waals surface area (Å²) >= 11 is 0. The van der Waals surface area contributed by atoms with Crippen molar-refractivity contribution < 1.29 is 4.74 Å². The molecule has 0 aliphatic heterocycles. The second-order valence-corrected chi connectivity index (χ2v) is 5.27. The van der Waals surface area contributed by atoms with E-state index >= 15 is 0 Å². The van der Waals surface area contributed by atoms with Crippen molar-refractivity contribution in [3.05, 3.63) is 72.6 Å². The van der Waals surface area contributed by atoms with Gasteiger partial charge in [0, 0.05) is 23.4 Å². The first-order chi connectivity index (χ1) is 10.9. The summed E-state index contributed by atoms with van der Waals surface area (Å²) in [4.78, 5) is 4.30. The summed E-state index contributed by atoms with van der Waals surface area (Å²) in [6.07, 6.45) is 4.59. The van der Waals surface area contributed by atoms with Crippen LogP contribution in [-0.4, -0.2) is 18.6 Å². The van der Waals surface area contributed by atoms with Crippen LogP contribution in [0.3, 0.4) is 0 Å². The Labute approximate surface area is 143 Å². The highest BCUT2D eigenvalue weighted by Crippen LogP contribution is 2.30. The van der Waals surface area contributed by atoms with E-state index in [-0.39, 0.29) is 18.5 Å². The van der Waals surface area contributed by atoms with E-state index in [1.807, 2.05) is 43.6 Å². The number of rotatable bonds is 6. The zero-order chi connectivity index (χ0) is 15.2. The van der Waals surface area contributed by atoms with Gasteiger partial charge in [0.25, 0.3) is 0 Å². The Kier molecular flexibility index (Phi) is 6.39. The molecule has 0 fully saturated rings. The summed E-state index contributed by atoms with van der Waals surface area (Å²) in [6.45, 7) is 0.901. The highest BCUT2D eigenvalue weighted by Gasteiger charge is 2.14. The molecule has 0 saturated carbocycles. The molecule has 0 unspecified atom stereocenters. The van der Waals surface area contributed by atoms with Crippen LogP contribution in [0, 0.1) is 0 Å². The molecule has 23 heavy (non-hydrogen) atoms. The maximum atomic E-state index is 6.31. The highest BCUT2D eigenvalue weighted by molar-refractivity contribution is 5.87. The summed E-state index contributed by atoms with van der Waals surface area (Å²) in [5.74, 6) is 0.836. The van der Waals surface area contributed by atoms with E-state index in [0.29, 0.717) is 0 Å². The zero-order valence-corrected chi connectivity index (χ0v) is 13.9. The van der Waals surface area contributed by atoms with E-state index in [4.69, 9.17) is 4.74 Å². The number of fused-ring (bicyclic) bond motifs is 1. The standard InChI is InChI=1S/C19H20N2O.ClH/c1-20-12-11-18(15-7-3-2-4-8-15)22-19-14-21-13-16-9-5-6-10-17(16)19;/h2-10,13-14,18,20H,11-12H2,1H3;1H/t18-;/m0./s1. The topological polar surface area (TPSA) is 34.1 Å². The molecule has 1 N–H and O–H groups in total. The lowest BCUT2D eigenvalue weighted by atomic mass is 10.1. The van der Waals surface area contributed by atoms with Gasteiger partial charge in [0.2, 0.25) is 0 Å². The number of benzene rings is 2.